The Hall–Kier alpha value is -2.58. The van der Waals surface area contributed by atoms with Crippen molar-refractivity contribution in [2.75, 3.05) is 31.5 Å². The summed E-state index contributed by atoms with van der Waals surface area (Å²) in [6.45, 7) is 7.11. The fourth-order valence-electron chi connectivity index (χ4n) is 2.45. The molecule has 2 N–H and O–H groups in total. The van der Waals surface area contributed by atoms with Crippen LogP contribution < -0.4 is 14.8 Å². The Morgan fingerprint density at radius 3 is 2.14 bits per heavy atom. The Morgan fingerprint density at radius 2 is 1.59 bits per heavy atom. The van der Waals surface area contributed by atoms with Gasteiger partial charge in [0, 0.05) is 18.4 Å². The lowest BCUT2D eigenvalue weighted by Crippen LogP contribution is -2.34. The molecule has 2 aromatic rings. The summed E-state index contributed by atoms with van der Waals surface area (Å²) in [6.07, 6.45) is 0. The maximum absolute atomic E-state index is 12.3. The van der Waals surface area contributed by atoms with E-state index >= 15 is 0 Å². The second-order valence-electron chi connectivity index (χ2n) is 7.56. The summed E-state index contributed by atoms with van der Waals surface area (Å²) in [5.74, 6) is -0.431. The van der Waals surface area contributed by atoms with Gasteiger partial charge in [-0.05, 0) is 47.4 Å². The number of carbonyl (C=O) groups is 1. The molecular weight excluding hydrogens is 392 g/mol. The zero-order valence-corrected chi connectivity index (χ0v) is 18.0. The number of rotatable bonds is 9. The Balaban J connectivity index is 1.90. The molecule has 0 radical (unpaired) electrons. The van der Waals surface area contributed by atoms with Crippen LogP contribution in [0.25, 0.3) is 0 Å². The average molecular weight is 421 g/mol. The normalized spacial score (nSPS) is 11.7. The molecule has 0 aliphatic heterocycles. The summed E-state index contributed by atoms with van der Waals surface area (Å²) < 4.78 is 36.9. The molecule has 0 spiro atoms. The molecule has 0 atom stereocenters. The molecule has 8 heteroatoms. The van der Waals surface area contributed by atoms with Crippen LogP contribution in [0.4, 0.5) is 5.69 Å². The van der Waals surface area contributed by atoms with Crippen LogP contribution >= 0.6 is 0 Å². The zero-order valence-electron chi connectivity index (χ0n) is 17.2. The van der Waals surface area contributed by atoms with Gasteiger partial charge in [0.05, 0.1) is 6.61 Å². The minimum Gasteiger partial charge on any atom is -0.491 e. The van der Waals surface area contributed by atoms with E-state index < -0.39 is 21.8 Å². The minimum atomic E-state index is -3.85. The number of sulfonamides is 1. The number of carbonyl (C=O) groups excluding carboxylic acids is 1. The van der Waals surface area contributed by atoms with E-state index in [1.807, 2.05) is 12.1 Å². The molecule has 0 heterocycles. The molecule has 0 fully saturated rings. The van der Waals surface area contributed by atoms with Crippen LogP contribution in [-0.4, -0.2) is 40.5 Å². The first-order valence-corrected chi connectivity index (χ1v) is 10.9. The lowest BCUT2D eigenvalue weighted by molar-refractivity contribution is 0.0981. The number of benzene rings is 2. The Bertz CT molecular complexity index is 902. The van der Waals surface area contributed by atoms with E-state index in [4.69, 9.17) is 9.47 Å². The van der Waals surface area contributed by atoms with E-state index in [9.17, 15) is 13.2 Å². The fraction of sp³-hybridized carbons (Fsp3) is 0.381. The molecule has 158 valence electrons. The predicted molar refractivity (Wildman–Crippen MR) is 114 cm³/mol. The molecule has 0 aliphatic carbocycles. The van der Waals surface area contributed by atoms with Crippen LogP contribution in [0.2, 0.25) is 0 Å². The van der Waals surface area contributed by atoms with Crippen LogP contribution in [0.3, 0.4) is 0 Å². The van der Waals surface area contributed by atoms with Gasteiger partial charge in [0.2, 0.25) is 0 Å². The predicted octanol–water partition coefficient (Wildman–Crippen LogP) is 3.14. The number of amides is 1. The second kappa shape index (κ2) is 9.76. The van der Waals surface area contributed by atoms with Crippen LogP contribution in [0.5, 0.6) is 5.75 Å². The van der Waals surface area contributed by atoms with Crippen molar-refractivity contribution in [3.8, 4) is 5.75 Å². The van der Waals surface area contributed by atoms with Gasteiger partial charge < -0.3 is 14.8 Å². The minimum absolute atomic E-state index is 0.0463. The van der Waals surface area contributed by atoms with E-state index in [2.05, 4.69) is 30.8 Å². The van der Waals surface area contributed by atoms with Crippen LogP contribution in [0.1, 0.15) is 36.7 Å². The third kappa shape index (κ3) is 7.40. The topological polar surface area (TPSA) is 93.7 Å². The van der Waals surface area contributed by atoms with Gasteiger partial charge in [0.1, 0.15) is 18.2 Å². The highest BCUT2D eigenvalue weighted by Crippen LogP contribution is 2.22. The average Bonchev–Trinajstić information content (AvgIpc) is 2.67. The lowest BCUT2D eigenvalue weighted by Gasteiger charge is -2.19. The van der Waals surface area contributed by atoms with Crippen molar-refractivity contribution in [3.63, 3.8) is 0 Å². The van der Waals surface area contributed by atoms with Gasteiger partial charge in [-0.1, -0.05) is 32.9 Å². The molecule has 0 bridgehead atoms. The number of nitrogens with one attached hydrogen (secondary N) is 2. The summed E-state index contributed by atoms with van der Waals surface area (Å²) in [7, 11) is -2.26. The van der Waals surface area contributed by atoms with Gasteiger partial charge in [0.15, 0.2) is 0 Å². The molecule has 0 aliphatic rings. The molecule has 2 aromatic carbocycles. The van der Waals surface area contributed by atoms with Gasteiger partial charge in [-0.25, -0.2) is 13.1 Å². The second-order valence-corrected chi connectivity index (χ2v) is 9.28. The van der Waals surface area contributed by atoms with Crippen molar-refractivity contribution >= 4 is 21.6 Å². The Labute approximate surface area is 172 Å². The molecule has 0 saturated carbocycles. The largest absolute Gasteiger partial charge is 0.491 e. The molecular formula is C21H28N2O5S. The van der Waals surface area contributed by atoms with E-state index in [0.717, 1.165) is 5.56 Å². The quantitative estimate of drug-likeness (QED) is 0.606. The number of anilines is 1. The van der Waals surface area contributed by atoms with Crippen LogP contribution in [-0.2, 0) is 20.2 Å². The van der Waals surface area contributed by atoms with Gasteiger partial charge in [-0.3, -0.25) is 4.79 Å². The molecule has 7 nitrogen and oxygen atoms in total. The number of hydrogen-bond acceptors (Lipinski definition) is 6. The third-order valence-corrected chi connectivity index (χ3v) is 5.16. The molecule has 0 unspecified atom stereocenters. The van der Waals surface area contributed by atoms with Gasteiger partial charge in [-0.15, -0.1) is 0 Å². The number of methoxy groups -OCH3 is 1. The highest BCUT2D eigenvalue weighted by atomic mass is 32.2. The summed E-state index contributed by atoms with van der Waals surface area (Å²) in [5.41, 5.74) is 1.90. The molecule has 0 aromatic heterocycles. The van der Waals surface area contributed by atoms with Crippen LogP contribution in [0, 0.1) is 0 Å². The van der Waals surface area contributed by atoms with E-state index in [-0.39, 0.29) is 5.41 Å². The zero-order chi connectivity index (χ0) is 21.5. The first-order valence-electron chi connectivity index (χ1n) is 9.22. The smallest absolute Gasteiger partial charge is 0.264 e. The fourth-order valence-corrected chi connectivity index (χ4v) is 3.28. The molecule has 2 rings (SSSR count). The number of hydrogen-bond donors (Lipinski definition) is 2. The lowest BCUT2D eigenvalue weighted by atomic mass is 9.87. The third-order valence-electron chi connectivity index (χ3n) is 4.14. The van der Waals surface area contributed by atoms with E-state index in [1.54, 1.807) is 43.5 Å². The van der Waals surface area contributed by atoms with Gasteiger partial charge >= 0.3 is 0 Å². The Kier molecular flexibility index (Phi) is 7.64. The van der Waals surface area contributed by atoms with Crippen molar-refractivity contribution in [2.24, 2.45) is 0 Å². The summed E-state index contributed by atoms with van der Waals surface area (Å²) >= 11 is 0. The maximum Gasteiger partial charge on any atom is 0.264 e. The van der Waals surface area contributed by atoms with E-state index in [0.29, 0.717) is 30.2 Å². The van der Waals surface area contributed by atoms with Crippen molar-refractivity contribution in [1.29, 1.82) is 0 Å². The first-order chi connectivity index (χ1) is 13.6. The number of ether oxygens (including phenoxy) is 2. The summed E-state index contributed by atoms with van der Waals surface area (Å²) in [5, 5.41) is 2.78. The van der Waals surface area contributed by atoms with E-state index in [1.165, 1.54) is 0 Å². The van der Waals surface area contributed by atoms with Crippen molar-refractivity contribution in [2.45, 2.75) is 26.2 Å². The standard InChI is InChI=1S/C21H28N2O5S/c1-21(2,3)17-7-5-16(6-8-17)20(24)23-29(25,26)15-22-18-9-11-19(12-10-18)28-14-13-27-4/h5-12,22H,13-15H2,1-4H3,(H,23,24). The highest BCUT2D eigenvalue weighted by Gasteiger charge is 2.18. The first kappa shape index (κ1) is 22.7. The summed E-state index contributed by atoms with van der Waals surface area (Å²) in [6, 6.07) is 13.8. The van der Waals surface area contributed by atoms with Crippen molar-refractivity contribution < 1.29 is 22.7 Å². The Morgan fingerprint density at radius 1 is 0.966 bits per heavy atom. The molecule has 1 amide bonds. The SMILES string of the molecule is COCCOc1ccc(NCS(=O)(=O)NC(=O)c2ccc(C(C)(C)C)cc2)cc1. The van der Waals surface area contributed by atoms with Crippen molar-refractivity contribution in [3.05, 3.63) is 59.7 Å². The van der Waals surface area contributed by atoms with Gasteiger partial charge in [-0.2, -0.15) is 0 Å². The van der Waals surface area contributed by atoms with Crippen molar-refractivity contribution in [1.82, 2.24) is 4.72 Å². The maximum atomic E-state index is 12.3. The molecule has 0 saturated heterocycles. The van der Waals surface area contributed by atoms with Crippen LogP contribution in [0.15, 0.2) is 48.5 Å². The summed E-state index contributed by atoms with van der Waals surface area (Å²) in [4.78, 5) is 12.3. The highest BCUT2D eigenvalue weighted by molar-refractivity contribution is 7.90. The van der Waals surface area contributed by atoms with Gasteiger partial charge in [0.25, 0.3) is 15.9 Å². The monoisotopic (exact) mass is 420 g/mol. The molecule has 29 heavy (non-hydrogen) atoms.